The molecule has 0 radical (unpaired) electrons. The molecule has 0 atom stereocenters. The molecule has 166 valence electrons. The number of nitrogens with zero attached hydrogens (tertiary/aromatic N) is 7. The van der Waals surface area contributed by atoms with E-state index >= 15 is 0 Å². The number of anilines is 1. The fraction of sp³-hybridized carbons (Fsp3) is 0.100. The summed E-state index contributed by atoms with van der Waals surface area (Å²) >= 11 is 0. The highest BCUT2D eigenvalue weighted by molar-refractivity contribution is 5.98. The molecule has 0 saturated carbocycles. The molecule has 0 bridgehead atoms. The van der Waals surface area contributed by atoms with Gasteiger partial charge in [0, 0.05) is 17.7 Å². The summed E-state index contributed by atoms with van der Waals surface area (Å²) in [5, 5.41) is 30.0. The number of hydrazone groups is 1. The molecule has 0 aliphatic rings. The normalized spacial score (nSPS) is 11.1. The molecule has 2 aromatic heterocycles. The highest BCUT2D eigenvalue weighted by Crippen LogP contribution is 2.28. The minimum atomic E-state index is -0.661. The summed E-state index contributed by atoms with van der Waals surface area (Å²) < 4.78 is 5.78. The number of benzene rings is 2. The van der Waals surface area contributed by atoms with E-state index in [9.17, 15) is 14.9 Å². The third-order valence-electron chi connectivity index (χ3n) is 4.70. The van der Waals surface area contributed by atoms with Crippen molar-refractivity contribution in [3.8, 4) is 17.1 Å². The predicted molar refractivity (Wildman–Crippen MR) is 117 cm³/mol. The number of non-ortho nitro benzene ring substituents is 1. The second-order valence-corrected chi connectivity index (χ2v) is 6.77. The molecule has 0 saturated heterocycles. The number of aromatic nitrogens is 5. The van der Waals surface area contributed by atoms with Crippen molar-refractivity contribution in [1.82, 2.24) is 30.7 Å². The molecule has 3 N–H and O–H groups in total. The molecule has 13 nitrogen and oxygen atoms in total. The number of carbonyl (C=O) groups is 1. The number of nitrogens with one attached hydrogen (secondary N) is 1. The van der Waals surface area contributed by atoms with Gasteiger partial charge in [0.15, 0.2) is 5.69 Å². The summed E-state index contributed by atoms with van der Waals surface area (Å²) in [5.41, 5.74) is 10.5. The Morgan fingerprint density at radius 2 is 1.94 bits per heavy atom. The Kier molecular flexibility index (Phi) is 5.84. The van der Waals surface area contributed by atoms with Crippen molar-refractivity contribution in [3.63, 3.8) is 0 Å². The first-order chi connectivity index (χ1) is 16.0. The topological polar surface area (TPSA) is 180 Å². The largest absolute Gasteiger partial charge is 0.378 e. The van der Waals surface area contributed by atoms with Crippen molar-refractivity contribution < 1.29 is 14.3 Å². The lowest BCUT2D eigenvalue weighted by Gasteiger charge is -2.05. The van der Waals surface area contributed by atoms with Crippen LogP contribution in [0.25, 0.3) is 17.1 Å². The minimum absolute atomic E-state index is 0.00872. The van der Waals surface area contributed by atoms with Crippen LogP contribution in [-0.2, 0) is 6.42 Å². The highest BCUT2D eigenvalue weighted by atomic mass is 16.6. The van der Waals surface area contributed by atoms with E-state index in [4.69, 9.17) is 5.73 Å². The molecule has 4 aromatic rings. The molecule has 1 amide bonds. The lowest BCUT2D eigenvalue weighted by Crippen LogP contribution is -2.19. The van der Waals surface area contributed by atoms with E-state index in [0.29, 0.717) is 5.56 Å². The predicted octanol–water partition coefficient (Wildman–Crippen LogP) is 2.13. The van der Waals surface area contributed by atoms with Crippen LogP contribution in [0.15, 0.2) is 58.3 Å². The number of nitrogens with two attached hydrogens (primary N) is 1. The lowest BCUT2D eigenvalue weighted by molar-refractivity contribution is -0.384. The average Bonchev–Trinajstić information content (AvgIpc) is 3.45. The summed E-state index contributed by atoms with van der Waals surface area (Å²) in [5.74, 6) is -0.732. The number of hydrogen-bond acceptors (Lipinski definition) is 10. The number of carbonyl (C=O) groups excluding carboxylic acids is 1. The van der Waals surface area contributed by atoms with Crippen LogP contribution >= 0.6 is 0 Å². The molecule has 0 fully saturated rings. The Morgan fingerprint density at radius 3 is 2.55 bits per heavy atom. The van der Waals surface area contributed by atoms with E-state index in [1.54, 1.807) is 0 Å². The molecule has 13 heteroatoms. The second kappa shape index (κ2) is 9.05. The van der Waals surface area contributed by atoms with Gasteiger partial charge in [-0.1, -0.05) is 36.4 Å². The van der Waals surface area contributed by atoms with E-state index in [1.165, 1.54) is 36.0 Å². The molecular weight excluding hydrogens is 430 g/mol. The summed E-state index contributed by atoms with van der Waals surface area (Å²) in [6.07, 6.45) is 2.41. The van der Waals surface area contributed by atoms with Gasteiger partial charge in [-0.25, -0.2) is 10.1 Å². The molecular formula is C20H17N9O4. The fourth-order valence-electron chi connectivity index (χ4n) is 2.98. The third-order valence-corrected chi connectivity index (χ3v) is 4.70. The number of nitro benzene ring substituents is 1. The molecule has 0 aliphatic carbocycles. The van der Waals surface area contributed by atoms with Gasteiger partial charge in [-0.3, -0.25) is 14.9 Å². The van der Waals surface area contributed by atoms with E-state index < -0.39 is 10.8 Å². The first kappa shape index (κ1) is 21.3. The Labute approximate surface area is 186 Å². The van der Waals surface area contributed by atoms with Crippen LogP contribution in [0.4, 0.5) is 11.5 Å². The first-order valence-electron chi connectivity index (χ1n) is 9.69. The maximum atomic E-state index is 12.8. The van der Waals surface area contributed by atoms with Gasteiger partial charge < -0.3 is 5.73 Å². The van der Waals surface area contributed by atoms with Crippen molar-refractivity contribution in [3.05, 3.63) is 75.5 Å². The van der Waals surface area contributed by atoms with Gasteiger partial charge in [-0.05, 0) is 40.0 Å². The summed E-state index contributed by atoms with van der Waals surface area (Å²) in [7, 11) is 0. The van der Waals surface area contributed by atoms with Gasteiger partial charge in [-0.2, -0.15) is 9.78 Å². The van der Waals surface area contributed by atoms with Crippen LogP contribution in [0.2, 0.25) is 0 Å². The van der Waals surface area contributed by atoms with Gasteiger partial charge >= 0.3 is 0 Å². The van der Waals surface area contributed by atoms with Gasteiger partial charge in [0.1, 0.15) is 5.69 Å². The summed E-state index contributed by atoms with van der Waals surface area (Å²) in [6, 6.07) is 13.2. The van der Waals surface area contributed by atoms with Crippen molar-refractivity contribution in [2.75, 3.05) is 5.73 Å². The standard InChI is InChI=1S/C20H17N9O4/c1-2-12-3-5-13(6-4-12)11-22-24-20(30)16-17(14-7-9-15(10-8-14)29(31)32)28(27-23-16)19-18(21)25-33-26-19/h3-11H,2H2,1H3,(H2,21,25)(H,24,30). The Balaban J connectivity index is 1.66. The quantitative estimate of drug-likeness (QED) is 0.244. The van der Waals surface area contributed by atoms with Gasteiger partial charge in [0.2, 0.25) is 11.6 Å². The minimum Gasteiger partial charge on any atom is -0.378 e. The molecule has 33 heavy (non-hydrogen) atoms. The lowest BCUT2D eigenvalue weighted by atomic mass is 10.1. The van der Waals surface area contributed by atoms with E-state index in [-0.39, 0.29) is 28.7 Å². The maximum absolute atomic E-state index is 12.8. The first-order valence-corrected chi connectivity index (χ1v) is 9.69. The van der Waals surface area contributed by atoms with Crippen LogP contribution in [0.5, 0.6) is 0 Å². The van der Waals surface area contributed by atoms with E-state index in [1.807, 2.05) is 24.3 Å². The molecule has 0 unspecified atom stereocenters. The molecule has 4 rings (SSSR count). The zero-order valence-corrected chi connectivity index (χ0v) is 17.2. The van der Waals surface area contributed by atoms with Crippen molar-refractivity contribution in [1.29, 1.82) is 0 Å². The SMILES string of the molecule is CCc1ccc(C=NNC(=O)c2nnn(-c3nonc3N)c2-c2ccc([N+](=O)[O-])cc2)cc1. The Hall–Kier alpha value is -4.94. The van der Waals surface area contributed by atoms with E-state index in [2.05, 4.69) is 42.7 Å². The van der Waals surface area contributed by atoms with Crippen LogP contribution in [0.3, 0.4) is 0 Å². The Morgan fingerprint density at radius 1 is 1.21 bits per heavy atom. The number of rotatable bonds is 7. The molecule has 0 aliphatic heterocycles. The number of aryl methyl sites for hydroxylation is 1. The van der Waals surface area contributed by atoms with Gasteiger partial charge in [-0.15, -0.1) is 5.10 Å². The molecule has 2 aromatic carbocycles. The van der Waals surface area contributed by atoms with Gasteiger partial charge in [0.05, 0.1) is 11.1 Å². The maximum Gasteiger partial charge on any atom is 0.294 e. The van der Waals surface area contributed by atoms with E-state index in [0.717, 1.165) is 16.7 Å². The van der Waals surface area contributed by atoms with Crippen LogP contribution in [0, 0.1) is 10.1 Å². The van der Waals surface area contributed by atoms with Crippen molar-refractivity contribution >= 4 is 23.6 Å². The smallest absolute Gasteiger partial charge is 0.294 e. The average molecular weight is 447 g/mol. The van der Waals surface area contributed by atoms with Crippen molar-refractivity contribution in [2.24, 2.45) is 5.10 Å². The third kappa shape index (κ3) is 4.41. The molecule has 0 spiro atoms. The van der Waals surface area contributed by atoms with Gasteiger partial charge in [0.25, 0.3) is 11.6 Å². The zero-order chi connectivity index (χ0) is 23.4. The molecule has 2 heterocycles. The van der Waals surface area contributed by atoms with Crippen molar-refractivity contribution in [2.45, 2.75) is 13.3 Å². The number of nitro groups is 1. The zero-order valence-electron chi connectivity index (χ0n) is 17.2. The monoisotopic (exact) mass is 447 g/mol. The highest BCUT2D eigenvalue weighted by Gasteiger charge is 2.25. The number of nitrogen functional groups attached to an aromatic ring is 1. The van der Waals surface area contributed by atoms with Crippen LogP contribution < -0.4 is 11.2 Å². The summed E-state index contributed by atoms with van der Waals surface area (Å²) in [6.45, 7) is 2.06. The fourth-order valence-corrected chi connectivity index (χ4v) is 2.98. The summed E-state index contributed by atoms with van der Waals surface area (Å²) in [4.78, 5) is 23.3. The van der Waals surface area contributed by atoms with Crippen LogP contribution in [-0.4, -0.2) is 42.4 Å². The number of hydrogen-bond donors (Lipinski definition) is 2. The Bertz CT molecular complexity index is 1320. The number of amides is 1. The van der Waals surface area contributed by atoms with Crippen LogP contribution in [0.1, 0.15) is 28.5 Å². The second-order valence-electron chi connectivity index (χ2n) is 6.77.